The number of carbonyl (C=O) groups excluding carboxylic acids is 1. The van der Waals surface area contributed by atoms with Crippen molar-refractivity contribution in [2.24, 2.45) is 10.3 Å². The first kappa shape index (κ1) is 26.1. The fraction of sp³-hybridized carbons (Fsp3) is 0.364. The molecule has 35 heavy (non-hydrogen) atoms. The number of carbonyl (C=O) groups is 1. The lowest BCUT2D eigenvalue weighted by atomic mass is 10.1. The number of alkyl halides is 3. The minimum absolute atomic E-state index is 0.175. The maximum Gasteiger partial charge on any atom is 0.407 e. The van der Waals surface area contributed by atoms with Crippen molar-refractivity contribution in [2.75, 3.05) is 24.2 Å². The Morgan fingerprint density at radius 3 is 2.37 bits per heavy atom. The molecule has 0 radical (unpaired) electrons. The van der Waals surface area contributed by atoms with Gasteiger partial charge in [-0.15, -0.1) is 5.11 Å². The van der Waals surface area contributed by atoms with Crippen molar-refractivity contribution in [3.05, 3.63) is 59.4 Å². The van der Waals surface area contributed by atoms with Gasteiger partial charge in [0, 0.05) is 18.8 Å². The summed E-state index contributed by atoms with van der Waals surface area (Å²) in [7, 11) is -4.16. The summed E-state index contributed by atoms with van der Waals surface area (Å²) in [4.78, 5) is 15.1. The molecule has 1 fully saturated rings. The van der Waals surface area contributed by atoms with Gasteiger partial charge in [-0.2, -0.15) is 13.2 Å². The number of rotatable bonds is 7. The molecule has 2 aromatic carbocycles. The van der Waals surface area contributed by atoms with Gasteiger partial charge in [-0.1, -0.05) is 11.3 Å². The van der Waals surface area contributed by atoms with Crippen molar-refractivity contribution in [3.8, 4) is 0 Å². The Bertz CT molecular complexity index is 1260. The van der Waals surface area contributed by atoms with Crippen LogP contribution >= 0.6 is 0 Å². The fourth-order valence-corrected chi connectivity index (χ4v) is 4.94. The molecule has 2 aromatic rings. The van der Waals surface area contributed by atoms with Gasteiger partial charge in [0.25, 0.3) is 5.91 Å². The van der Waals surface area contributed by atoms with Gasteiger partial charge in [0.05, 0.1) is 28.5 Å². The topological polar surface area (TPSA) is 116 Å². The largest absolute Gasteiger partial charge is 0.407 e. The van der Waals surface area contributed by atoms with Gasteiger partial charge in [-0.3, -0.25) is 9.80 Å². The molecule has 1 saturated heterocycles. The molecule has 2 N–H and O–H groups in total. The number of benzene rings is 2. The zero-order valence-corrected chi connectivity index (χ0v) is 19.4. The molecule has 0 spiro atoms. The minimum atomic E-state index is -4.84. The lowest BCUT2D eigenvalue weighted by molar-refractivity contribution is -0.137. The molecule has 0 aromatic heterocycles. The number of aliphatic hydroxyl groups is 1. The first-order valence-electron chi connectivity index (χ1n) is 10.4. The zero-order chi connectivity index (χ0) is 25.9. The second kappa shape index (κ2) is 10.0. The van der Waals surface area contributed by atoms with Gasteiger partial charge in [0.1, 0.15) is 0 Å². The Morgan fingerprint density at radius 1 is 1.17 bits per heavy atom. The number of hydrogen-bond acceptors (Lipinski definition) is 6. The number of amides is 1. The number of halogens is 3. The summed E-state index contributed by atoms with van der Waals surface area (Å²) in [6, 6.07) is 7.86. The second-order valence-electron chi connectivity index (χ2n) is 8.17. The predicted molar refractivity (Wildman–Crippen MR) is 121 cm³/mol. The van der Waals surface area contributed by atoms with Gasteiger partial charge >= 0.3 is 6.18 Å². The van der Waals surface area contributed by atoms with Crippen LogP contribution in [-0.4, -0.2) is 48.9 Å². The van der Waals surface area contributed by atoms with Crippen LogP contribution in [0.1, 0.15) is 25.3 Å². The quantitative estimate of drug-likeness (QED) is 0.421. The maximum atomic E-state index is 13.2. The summed E-state index contributed by atoms with van der Waals surface area (Å²) in [6.45, 7) is 9.39. The number of hydrogen-bond donors (Lipinski definition) is 2. The second-order valence-corrected chi connectivity index (χ2v) is 10.2. The molecule has 0 unspecified atom stereocenters. The van der Waals surface area contributed by atoms with E-state index in [0.717, 1.165) is 45.0 Å². The van der Waals surface area contributed by atoms with Crippen LogP contribution in [0.4, 0.5) is 30.2 Å². The molecule has 1 aliphatic heterocycles. The summed E-state index contributed by atoms with van der Waals surface area (Å²) in [5.74, 6) is -2.24. The van der Waals surface area contributed by atoms with Gasteiger partial charge in [0.15, 0.2) is 21.1 Å². The van der Waals surface area contributed by atoms with Gasteiger partial charge in [-0.25, -0.2) is 13.3 Å². The van der Waals surface area contributed by atoms with E-state index >= 15 is 0 Å². The van der Waals surface area contributed by atoms with Crippen molar-refractivity contribution in [1.82, 2.24) is 5.01 Å². The molecule has 0 saturated carbocycles. The Balaban J connectivity index is 1.71. The van der Waals surface area contributed by atoms with Crippen LogP contribution in [0.15, 0.2) is 57.7 Å². The van der Waals surface area contributed by atoms with E-state index < -0.39 is 44.5 Å². The normalized spacial score (nSPS) is 16.2. The molecule has 0 aliphatic carbocycles. The summed E-state index contributed by atoms with van der Waals surface area (Å²) < 4.78 is 65.0. The molecule has 1 heterocycles. The Labute approximate surface area is 200 Å². The van der Waals surface area contributed by atoms with E-state index in [1.54, 1.807) is 5.01 Å². The third-order valence-corrected chi connectivity index (χ3v) is 7.14. The molecule has 1 atom stereocenters. The van der Waals surface area contributed by atoms with E-state index in [1.165, 1.54) is 24.3 Å². The van der Waals surface area contributed by atoms with E-state index in [2.05, 4.69) is 20.5 Å². The molecular weight excluding hydrogens is 487 g/mol. The van der Waals surface area contributed by atoms with Crippen LogP contribution in [0.3, 0.4) is 0 Å². The molecular formula is C22H22F3N5O4S. The van der Waals surface area contributed by atoms with E-state index in [9.17, 15) is 31.5 Å². The first-order chi connectivity index (χ1) is 16.3. The molecule has 0 bridgehead atoms. The highest BCUT2D eigenvalue weighted by Gasteiger charge is 2.38. The summed E-state index contributed by atoms with van der Waals surface area (Å²) in [5.41, 5.74) is -4.32. The van der Waals surface area contributed by atoms with E-state index in [-0.39, 0.29) is 10.6 Å². The molecule has 13 heteroatoms. The number of nitrogens with zero attached hydrogens (tertiary/aromatic N) is 4. The van der Waals surface area contributed by atoms with Gasteiger partial charge in [0.2, 0.25) is 0 Å². The van der Waals surface area contributed by atoms with Crippen LogP contribution < -0.4 is 5.32 Å². The molecule has 3 rings (SSSR count). The van der Waals surface area contributed by atoms with Crippen molar-refractivity contribution in [2.45, 2.75) is 36.4 Å². The lowest BCUT2D eigenvalue weighted by Crippen LogP contribution is -2.45. The Kier molecular flexibility index (Phi) is 7.47. The summed E-state index contributed by atoms with van der Waals surface area (Å²) >= 11 is 0. The highest BCUT2D eigenvalue weighted by molar-refractivity contribution is 7.91. The van der Waals surface area contributed by atoms with Crippen LogP contribution in [0.5, 0.6) is 0 Å². The lowest BCUT2D eigenvalue weighted by Gasteiger charge is -2.22. The highest BCUT2D eigenvalue weighted by atomic mass is 32.2. The Hall–Kier alpha value is -3.50. The van der Waals surface area contributed by atoms with Crippen LogP contribution in [0, 0.1) is 6.57 Å². The maximum absolute atomic E-state index is 13.2. The Morgan fingerprint density at radius 2 is 1.80 bits per heavy atom. The highest BCUT2D eigenvalue weighted by Crippen LogP contribution is 2.38. The first-order valence-corrected chi connectivity index (χ1v) is 12.1. The van der Waals surface area contributed by atoms with E-state index in [1.807, 2.05) is 0 Å². The van der Waals surface area contributed by atoms with Crippen molar-refractivity contribution >= 4 is 32.8 Å². The van der Waals surface area contributed by atoms with Gasteiger partial charge < -0.3 is 10.4 Å². The standard InChI is InChI=1S/C22H22F3N5O4S/c1-21(32,20(31)27-16-7-10-19(26-2)18(13-16)22(23,24)25)14-35(33,34)17-8-5-15(6-9-17)28-29-30-11-3-4-12-30/h5-10,13,32H,3-4,11-12,14H2,1H3,(H,27,31)/t21-/m0/s1. The minimum Gasteiger partial charge on any atom is -0.379 e. The average molecular weight is 510 g/mol. The third kappa shape index (κ3) is 6.55. The molecule has 1 aliphatic rings. The fourth-order valence-electron chi connectivity index (χ4n) is 3.35. The smallest absolute Gasteiger partial charge is 0.379 e. The number of sulfone groups is 1. The number of nitrogens with one attached hydrogen (secondary N) is 1. The average Bonchev–Trinajstić information content (AvgIpc) is 3.30. The van der Waals surface area contributed by atoms with Crippen LogP contribution in [-0.2, 0) is 20.8 Å². The monoisotopic (exact) mass is 509 g/mol. The molecule has 186 valence electrons. The molecule has 9 nitrogen and oxygen atoms in total. The third-order valence-electron chi connectivity index (χ3n) is 5.21. The van der Waals surface area contributed by atoms with Gasteiger partial charge in [-0.05, 0) is 56.2 Å². The predicted octanol–water partition coefficient (Wildman–Crippen LogP) is 4.51. The van der Waals surface area contributed by atoms with E-state index in [4.69, 9.17) is 6.57 Å². The van der Waals surface area contributed by atoms with Crippen LogP contribution in [0.25, 0.3) is 4.85 Å². The van der Waals surface area contributed by atoms with Crippen molar-refractivity contribution in [3.63, 3.8) is 0 Å². The summed E-state index contributed by atoms with van der Waals surface area (Å²) in [6.07, 6.45) is -2.79. The van der Waals surface area contributed by atoms with Crippen molar-refractivity contribution in [1.29, 1.82) is 0 Å². The van der Waals surface area contributed by atoms with Crippen molar-refractivity contribution < 1.29 is 31.5 Å². The van der Waals surface area contributed by atoms with E-state index in [0.29, 0.717) is 11.8 Å². The molecule has 1 amide bonds. The summed E-state index contributed by atoms with van der Waals surface area (Å²) in [5, 5.41) is 22.5. The SMILES string of the molecule is [C-]#[N+]c1ccc(NC(=O)[C@@](C)(O)CS(=O)(=O)c2ccc(N=NN3CCCC3)cc2)cc1C(F)(F)F. The van der Waals surface area contributed by atoms with Crippen LogP contribution in [0.2, 0.25) is 0 Å². The zero-order valence-electron chi connectivity index (χ0n) is 18.6. The number of anilines is 1.